The summed E-state index contributed by atoms with van der Waals surface area (Å²) in [5.74, 6) is 1.61. The summed E-state index contributed by atoms with van der Waals surface area (Å²) in [7, 11) is 0. The number of amides is 1. The normalized spacial score (nSPS) is 15.0. The number of unbranched alkanes of at least 4 members (excludes halogenated alkanes) is 1. The molecule has 1 aromatic carbocycles. The van der Waals surface area contributed by atoms with Gasteiger partial charge >= 0.3 is 0 Å². The monoisotopic (exact) mass is 363 g/mol. The van der Waals surface area contributed by atoms with E-state index in [-0.39, 0.29) is 24.2 Å². The Morgan fingerprint density at radius 2 is 1.54 bits per heavy atom. The quantitative estimate of drug-likeness (QED) is 0.621. The summed E-state index contributed by atoms with van der Waals surface area (Å²) in [6, 6.07) is 5.65. The molecular formula is C22H37NO3. The fraction of sp³-hybridized carbons (Fsp3) is 0.682. The Balaban J connectivity index is 0.000000765. The van der Waals surface area contributed by atoms with Crippen molar-refractivity contribution in [3.05, 3.63) is 23.8 Å². The molecular weight excluding hydrogens is 326 g/mol. The molecule has 1 aliphatic rings. The fourth-order valence-corrected chi connectivity index (χ4v) is 2.64. The molecule has 4 heteroatoms. The van der Waals surface area contributed by atoms with Crippen LogP contribution in [-0.4, -0.2) is 18.2 Å². The molecule has 1 aliphatic heterocycles. The first-order valence-electron chi connectivity index (χ1n) is 10.2. The van der Waals surface area contributed by atoms with E-state index in [0.29, 0.717) is 17.1 Å². The van der Waals surface area contributed by atoms with Gasteiger partial charge in [0.2, 0.25) is 6.29 Å². The van der Waals surface area contributed by atoms with Gasteiger partial charge in [-0.05, 0) is 31.0 Å². The van der Waals surface area contributed by atoms with Crippen molar-refractivity contribution in [2.45, 2.75) is 92.4 Å². The minimum Gasteiger partial charge on any atom is -0.451 e. The van der Waals surface area contributed by atoms with E-state index in [0.717, 1.165) is 25.7 Å². The van der Waals surface area contributed by atoms with Crippen LogP contribution in [-0.2, 0) is 0 Å². The van der Waals surface area contributed by atoms with E-state index in [9.17, 15) is 4.79 Å². The molecule has 1 unspecified atom stereocenters. The molecule has 0 bridgehead atoms. The zero-order chi connectivity index (χ0) is 19.5. The summed E-state index contributed by atoms with van der Waals surface area (Å²) >= 11 is 0. The molecule has 1 aromatic rings. The van der Waals surface area contributed by atoms with Gasteiger partial charge in [-0.25, -0.2) is 0 Å². The fourth-order valence-electron chi connectivity index (χ4n) is 2.64. The van der Waals surface area contributed by atoms with Crippen molar-refractivity contribution in [3.8, 4) is 11.5 Å². The molecule has 0 spiro atoms. The maximum absolute atomic E-state index is 12.4. The third-order valence-corrected chi connectivity index (χ3v) is 4.35. The SMILES string of the molecule is CCCC.CCCC(CCC)NC(=O)c1ccc2c(c1)OC(C(C)C)O2. The minimum absolute atomic E-state index is 0.0358. The van der Waals surface area contributed by atoms with Crippen LogP contribution in [0, 0.1) is 5.92 Å². The maximum Gasteiger partial charge on any atom is 0.251 e. The number of ether oxygens (including phenoxy) is 2. The summed E-state index contributed by atoms with van der Waals surface area (Å²) in [6.07, 6.45) is 6.55. The average molecular weight is 364 g/mol. The van der Waals surface area contributed by atoms with E-state index in [2.05, 4.69) is 33.0 Å². The number of nitrogens with one attached hydrogen (secondary N) is 1. The van der Waals surface area contributed by atoms with E-state index in [1.165, 1.54) is 12.8 Å². The van der Waals surface area contributed by atoms with Crippen molar-refractivity contribution < 1.29 is 14.3 Å². The smallest absolute Gasteiger partial charge is 0.251 e. The molecule has 4 nitrogen and oxygen atoms in total. The number of fused-ring (bicyclic) bond motifs is 1. The maximum atomic E-state index is 12.4. The van der Waals surface area contributed by atoms with Crippen LogP contribution in [0.25, 0.3) is 0 Å². The van der Waals surface area contributed by atoms with Crippen LogP contribution >= 0.6 is 0 Å². The van der Waals surface area contributed by atoms with Gasteiger partial charge in [-0.3, -0.25) is 4.79 Å². The molecule has 0 aromatic heterocycles. The van der Waals surface area contributed by atoms with Crippen molar-refractivity contribution in [2.75, 3.05) is 0 Å². The van der Waals surface area contributed by atoms with Crippen LogP contribution in [0.2, 0.25) is 0 Å². The number of carbonyl (C=O) groups excluding carboxylic acids is 1. The highest BCUT2D eigenvalue weighted by atomic mass is 16.7. The molecule has 0 fully saturated rings. The van der Waals surface area contributed by atoms with E-state index in [1.54, 1.807) is 12.1 Å². The highest BCUT2D eigenvalue weighted by Gasteiger charge is 2.27. The first-order valence-corrected chi connectivity index (χ1v) is 10.2. The second kappa shape index (κ2) is 11.8. The third kappa shape index (κ3) is 6.89. The molecule has 1 N–H and O–H groups in total. The van der Waals surface area contributed by atoms with Crippen LogP contribution in [0.5, 0.6) is 11.5 Å². The highest BCUT2D eigenvalue weighted by Crippen LogP contribution is 2.37. The predicted molar refractivity (Wildman–Crippen MR) is 108 cm³/mol. The Bertz CT molecular complexity index is 534. The zero-order valence-electron chi connectivity index (χ0n) is 17.4. The predicted octanol–water partition coefficient (Wildman–Crippen LogP) is 5.94. The van der Waals surface area contributed by atoms with Crippen molar-refractivity contribution in [1.82, 2.24) is 5.32 Å². The van der Waals surface area contributed by atoms with Gasteiger partial charge in [0.1, 0.15) is 0 Å². The molecule has 1 heterocycles. The number of carbonyl (C=O) groups is 1. The molecule has 148 valence electrons. The lowest BCUT2D eigenvalue weighted by atomic mass is 10.1. The molecule has 0 saturated heterocycles. The Hall–Kier alpha value is -1.71. The summed E-state index contributed by atoms with van der Waals surface area (Å²) < 4.78 is 11.5. The highest BCUT2D eigenvalue weighted by molar-refractivity contribution is 5.95. The van der Waals surface area contributed by atoms with Crippen LogP contribution in [0.4, 0.5) is 0 Å². The molecule has 26 heavy (non-hydrogen) atoms. The number of benzene rings is 1. The Morgan fingerprint density at radius 1 is 0.962 bits per heavy atom. The van der Waals surface area contributed by atoms with Gasteiger partial charge in [0, 0.05) is 17.5 Å². The van der Waals surface area contributed by atoms with E-state index in [4.69, 9.17) is 9.47 Å². The van der Waals surface area contributed by atoms with Crippen LogP contribution in [0.3, 0.4) is 0 Å². The largest absolute Gasteiger partial charge is 0.451 e. The molecule has 2 rings (SSSR count). The van der Waals surface area contributed by atoms with Gasteiger partial charge in [0.05, 0.1) is 0 Å². The lowest BCUT2D eigenvalue weighted by molar-refractivity contribution is 0.00908. The number of rotatable bonds is 8. The van der Waals surface area contributed by atoms with Gasteiger partial charge in [-0.2, -0.15) is 0 Å². The van der Waals surface area contributed by atoms with Crippen LogP contribution < -0.4 is 14.8 Å². The van der Waals surface area contributed by atoms with E-state index < -0.39 is 0 Å². The summed E-state index contributed by atoms with van der Waals surface area (Å²) in [6.45, 7) is 12.7. The second-order valence-electron chi connectivity index (χ2n) is 7.26. The molecule has 0 saturated carbocycles. The topological polar surface area (TPSA) is 47.6 Å². The Labute approximate surface area is 159 Å². The third-order valence-electron chi connectivity index (χ3n) is 4.35. The minimum atomic E-state index is -0.263. The first kappa shape index (κ1) is 22.3. The van der Waals surface area contributed by atoms with Crippen molar-refractivity contribution in [3.63, 3.8) is 0 Å². The molecule has 0 aliphatic carbocycles. The van der Waals surface area contributed by atoms with E-state index in [1.807, 2.05) is 19.9 Å². The zero-order valence-corrected chi connectivity index (χ0v) is 17.4. The van der Waals surface area contributed by atoms with Gasteiger partial charge < -0.3 is 14.8 Å². The summed E-state index contributed by atoms with van der Waals surface area (Å²) in [5.41, 5.74) is 0.629. The van der Waals surface area contributed by atoms with Crippen molar-refractivity contribution in [2.24, 2.45) is 5.92 Å². The molecule has 1 amide bonds. The van der Waals surface area contributed by atoms with Gasteiger partial charge in [0.15, 0.2) is 11.5 Å². The Morgan fingerprint density at radius 3 is 2.04 bits per heavy atom. The Kier molecular flexibility index (Phi) is 10.2. The molecule has 1 atom stereocenters. The van der Waals surface area contributed by atoms with Gasteiger partial charge in [0.25, 0.3) is 5.91 Å². The lowest BCUT2D eigenvalue weighted by Crippen LogP contribution is -2.34. The number of hydrogen-bond donors (Lipinski definition) is 1. The first-order chi connectivity index (χ1) is 12.5. The molecule has 0 radical (unpaired) electrons. The second-order valence-corrected chi connectivity index (χ2v) is 7.26. The summed E-state index contributed by atoms with van der Waals surface area (Å²) in [5, 5.41) is 3.12. The number of hydrogen-bond acceptors (Lipinski definition) is 3. The standard InChI is InChI=1S/C18H27NO3.C4H10/c1-5-7-14(8-6-2)19-17(20)13-9-10-15-16(11-13)22-18(21-15)12(3)4;1-3-4-2/h9-12,14,18H,5-8H2,1-4H3,(H,19,20);3-4H2,1-2H3. The van der Waals surface area contributed by atoms with Crippen LogP contribution in [0.1, 0.15) is 90.4 Å². The van der Waals surface area contributed by atoms with Crippen molar-refractivity contribution >= 4 is 5.91 Å². The van der Waals surface area contributed by atoms with Gasteiger partial charge in [-0.15, -0.1) is 0 Å². The lowest BCUT2D eigenvalue weighted by Gasteiger charge is -2.17. The summed E-state index contributed by atoms with van der Waals surface area (Å²) in [4.78, 5) is 12.4. The van der Waals surface area contributed by atoms with E-state index >= 15 is 0 Å². The average Bonchev–Trinajstić information content (AvgIpc) is 3.06. The van der Waals surface area contributed by atoms with Crippen molar-refractivity contribution in [1.29, 1.82) is 0 Å². The van der Waals surface area contributed by atoms with Crippen LogP contribution in [0.15, 0.2) is 18.2 Å². The van der Waals surface area contributed by atoms with Gasteiger partial charge in [-0.1, -0.05) is 67.2 Å².